The average Bonchev–Trinajstić information content (AvgIpc) is 3.43. The van der Waals surface area contributed by atoms with Crippen molar-refractivity contribution >= 4 is 23.7 Å². The summed E-state index contributed by atoms with van der Waals surface area (Å²) >= 11 is 0. The van der Waals surface area contributed by atoms with Gasteiger partial charge in [-0.05, 0) is 65.0 Å². The fourth-order valence-electron chi connectivity index (χ4n) is 4.32. The Morgan fingerprint density at radius 3 is 2.81 bits per heavy atom. The summed E-state index contributed by atoms with van der Waals surface area (Å²) in [6, 6.07) is 1.08. The van der Waals surface area contributed by atoms with Crippen molar-refractivity contribution in [3.8, 4) is 0 Å². The number of carbonyl (C=O) groups excluding carboxylic acids is 1. The van der Waals surface area contributed by atoms with Crippen LogP contribution >= 0.6 is 0 Å². The minimum atomic E-state index is -1.13. The molecule has 1 fully saturated rings. The van der Waals surface area contributed by atoms with Crippen LogP contribution < -0.4 is 10.2 Å². The summed E-state index contributed by atoms with van der Waals surface area (Å²) in [5, 5.41) is 16.2. The molecular formula is C24H30FN7O4. The molecule has 2 N–H and O–H groups in total. The Kier molecular flexibility index (Phi) is 7.04. The number of hydrogen-bond acceptors (Lipinski definition) is 8. The molecule has 0 aromatic carbocycles. The van der Waals surface area contributed by atoms with Gasteiger partial charge in [0.05, 0.1) is 18.4 Å². The highest BCUT2D eigenvalue weighted by atomic mass is 19.1. The van der Waals surface area contributed by atoms with Crippen molar-refractivity contribution in [3.63, 3.8) is 0 Å². The van der Waals surface area contributed by atoms with E-state index >= 15 is 0 Å². The van der Waals surface area contributed by atoms with Crippen LogP contribution in [-0.2, 0) is 11.2 Å². The summed E-state index contributed by atoms with van der Waals surface area (Å²) in [7, 11) is 0. The molecule has 0 unspecified atom stereocenters. The van der Waals surface area contributed by atoms with E-state index in [-0.39, 0.29) is 23.3 Å². The molecule has 4 rings (SSSR count). The van der Waals surface area contributed by atoms with Crippen molar-refractivity contribution in [2.45, 2.75) is 71.1 Å². The summed E-state index contributed by atoms with van der Waals surface area (Å²) < 4.78 is 20.9. The highest BCUT2D eigenvalue weighted by Crippen LogP contribution is 2.36. The number of halogens is 1. The number of nitrogens with one attached hydrogen (secondary N) is 1. The molecule has 0 aliphatic carbocycles. The number of aromatic carboxylic acids is 1. The van der Waals surface area contributed by atoms with E-state index in [1.54, 1.807) is 20.8 Å². The number of carbonyl (C=O) groups is 2. The topological polar surface area (TPSA) is 135 Å². The Morgan fingerprint density at radius 1 is 1.31 bits per heavy atom. The fourth-order valence-corrected chi connectivity index (χ4v) is 4.32. The van der Waals surface area contributed by atoms with Gasteiger partial charge in [-0.15, -0.1) is 0 Å². The van der Waals surface area contributed by atoms with Crippen molar-refractivity contribution < 1.29 is 23.8 Å². The number of anilines is 1. The molecule has 1 saturated heterocycles. The number of carboxylic acids is 1. The zero-order valence-electron chi connectivity index (χ0n) is 20.7. The molecule has 4 heterocycles. The molecule has 1 aliphatic heterocycles. The van der Waals surface area contributed by atoms with Gasteiger partial charge in [-0.2, -0.15) is 10.1 Å². The van der Waals surface area contributed by atoms with E-state index in [4.69, 9.17) is 4.74 Å². The van der Waals surface area contributed by atoms with E-state index in [0.717, 1.165) is 24.1 Å². The molecule has 3 aromatic heterocycles. The van der Waals surface area contributed by atoms with Gasteiger partial charge in [0.1, 0.15) is 23.3 Å². The number of aromatic nitrogens is 5. The second-order valence-electron chi connectivity index (χ2n) is 9.91. The zero-order chi connectivity index (χ0) is 26.0. The van der Waals surface area contributed by atoms with Crippen molar-refractivity contribution in [1.82, 2.24) is 29.9 Å². The first-order valence-corrected chi connectivity index (χ1v) is 11.9. The molecule has 0 spiro atoms. The lowest BCUT2D eigenvalue weighted by atomic mass is 9.98. The minimum absolute atomic E-state index is 0.0195. The molecular weight excluding hydrogens is 469 g/mol. The summed E-state index contributed by atoms with van der Waals surface area (Å²) in [4.78, 5) is 38.7. The number of aryl methyl sites for hydroxylation is 1. The number of rotatable bonds is 7. The predicted molar refractivity (Wildman–Crippen MR) is 128 cm³/mol. The maximum atomic E-state index is 14.3. The fraction of sp³-hybridized carbons (Fsp3) is 0.500. The number of alkyl carbamates (subject to hydrolysis) is 1. The van der Waals surface area contributed by atoms with Gasteiger partial charge in [-0.1, -0.05) is 0 Å². The van der Waals surface area contributed by atoms with Gasteiger partial charge in [0.2, 0.25) is 5.95 Å². The first kappa shape index (κ1) is 25.3. The Morgan fingerprint density at radius 2 is 2.08 bits per heavy atom. The lowest BCUT2D eigenvalue weighted by Crippen LogP contribution is -2.38. The third-order valence-electron chi connectivity index (χ3n) is 5.90. The number of pyridine rings is 1. The number of carboxylic acid groups (broad SMARTS) is 1. The van der Waals surface area contributed by atoms with E-state index < -0.39 is 23.5 Å². The SMILES string of the molecule is C[C@H](CCc1ncc(F)cc1[C@H]1CCCN1c1ncn2ncc(C(=O)O)c2n1)NC(=O)OC(C)(C)C. The van der Waals surface area contributed by atoms with Crippen LogP contribution in [0.15, 0.2) is 24.8 Å². The zero-order valence-corrected chi connectivity index (χ0v) is 20.7. The molecule has 0 bridgehead atoms. The molecule has 11 nitrogen and oxygen atoms in total. The standard InChI is InChI=1S/C24H30FN7O4/c1-14(29-23(35)36-24(2,3)4)7-8-18-16(10-15(25)11-26-18)19-6-5-9-31(19)22-27-13-32-20(30-22)17(12-28-32)21(33)34/h10-14,19H,5-9H2,1-4H3,(H,29,35)(H,33,34)/t14-,19-/m1/s1. The lowest BCUT2D eigenvalue weighted by Gasteiger charge is -2.27. The van der Waals surface area contributed by atoms with E-state index in [9.17, 15) is 19.1 Å². The van der Waals surface area contributed by atoms with Crippen molar-refractivity contribution in [1.29, 1.82) is 0 Å². The molecule has 1 aliphatic rings. The van der Waals surface area contributed by atoms with Gasteiger partial charge < -0.3 is 20.1 Å². The maximum absolute atomic E-state index is 14.3. The second-order valence-corrected chi connectivity index (χ2v) is 9.91. The van der Waals surface area contributed by atoms with Gasteiger partial charge in [-0.3, -0.25) is 4.98 Å². The van der Waals surface area contributed by atoms with Crippen LogP contribution in [0.25, 0.3) is 5.65 Å². The third-order valence-corrected chi connectivity index (χ3v) is 5.90. The summed E-state index contributed by atoms with van der Waals surface area (Å²) in [6.45, 7) is 7.91. The monoisotopic (exact) mass is 499 g/mol. The van der Waals surface area contributed by atoms with Crippen molar-refractivity contribution in [3.05, 3.63) is 47.4 Å². The largest absolute Gasteiger partial charge is 0.477 e. The summed E-state index contributed by atoms with van der Waals surface area (Å²) in [6.07, 6.45) is 6.03. The molecule has 0 saturated carbocycles. The number of hydrogen-bond donors (Lipinski definition) is 2. The molecule has 0 radical (unpaired) electrons. The lowest BCUT2D eigenvalue weighted by molar-refractivity contribution is 0.0505. The van der Waals surface area contributed by atoms with Gasteiger partial charge in [0.25, 0.3) is 0 Å². The highest BCUT2D eigenvalue weighted by Gasteiger charge is 2.31. The molecule has 2 atom stereocenters. The Hall–Kier alpha value is -3.83. The van der Waals surface area contributed by atoms with Crippen molar-refractivity contribution in [2.75, 3.05) is 11.4 Å². The molecule has 36 heavy (non-hydrogen) atoms. The number of nitrogens with zero attached hydrogens (tertiary/aromatic N) is 6. The average molecular weight is 500 g/mol. The summed E-state index contributed by atoms with van der Waals surface area (Å²) in [5.41, 5.74) is 1.04. The van der Waals surface area contributed by atoms with Crippen LogP contribution in [0.2, 0.25) is 0 Å². The Labute approximate surface area is 207 Å². The minimum Gasteiger partial charge on any atom is -0.477 e. The summed E-state index contributed by atoms with van der Waals surface area (Å²) in [5.74, 6) is -1.22. The normalized spacial score (nSPS) is 16.8. The van der Waals surface area contributed by atoms with Gasteiger partial charge in [0.15, 0.2) is 5.65 Å². The Bertz CT molecular complexity index is 1270. The maximum Gasteiger partial charge on any atom is 0.407 e. The molecule has 12 heteroatoms. The van der Waals surface area contributed by atoms with Crippen LogP contribution in [0.1, 0.15) is 74.6 Å². The van der Waals surface area contributed by atoms with E-state index in [0.29, 0.717) is 25.3 Å². The number of ether oxygens (including phenoxy) is 1. The first-order valence-electron chi connectivity index (χ1n) is 11.9. The quantitative estimate of drug-likeness (QED) is 0.500. The Balaban J connectivity index is 1.54. The molecule has 3 aromatic rings. The van der Waals surface area contributed by atoms with Crippen LogP contribution in [0.3, 0.4) is 0 Å². The number of amides is 1. The van der Waals surface area contributed by atoms with E-state index in [1.165, 1.54) is 29.3 Å². The molecule has 1 amide bonds. The first-order chi connectivity index (χ1) is 17.0. The van der Waals surface area contributed by atoms with Crippen LogP contribution in [0.4, 0.5) is 15.1 Å². The van der Waals surface area contributed by atoms with Crippen LogP contribution in [0, 0.1) is 5.82 Å². The van der Waals surface area contributed by atoms with Crippen LogP contribution in [-0.4, -0.2) is 59.9 Å². The van der Waals surface area contributed by atoms with Gasteiger partial charge >= 0.3 is 12.1 Å². The second kappa shape index (κ2) is 10.0. The predicted octanol–water partition coefficient (Wildman–Crippen LogP) is 3.54. The smallest absolute Gasteiger partial charge is 0.407 e. The van der Waals surface area contributed by atoms with E-state index in [1.807, 2.05) is 11.8 Å². The molecule has 192 valence electrons. The van der Waals surface area contributed by atoms with Gasteiger partial charge in [-0.25, -0.2) is 23.5 Å². The van der Waals surface area contributed by atoms with Crippen molar-refractivity contribution in [2.24, 2.45) is 0 Å². The highest BCUT2D eigenvalue weighted by molar-refractivity contribution is 5.94. The van der Waals surface area contributed by atoms with Gasteiger partial charge in [0, 0.05) is 18.3 Å². The number of fused-ring (bicyclic) bond motifs is 1. The van der Waals surface area contributed by atoms with Crippen LogP contribution in [0.5, 0.6) is 0 Å². The van der Waals surface area contributed by atoms with E-state index in [2.05, 4.69) is 25.4 Å². The third kappa shape index (κ3) is 5.69.